The van der Waals surface area contributed by atoms with Gasteiger partial charge in [0.25, 0.3) is 11.7 Å². The summed E-state index contributed by atoms with van der Waals surface area (Å²) in [7, 11) is 3.86. The number of aliphatic hydroxyl groups is 1. The maximum absolute atomic E-state index is 13.6. The van der Waals surface area contributed by atoms with E-state index < -0.39 is 23.5 Å². The molecule has 1 saturated heterocycles. The van der Waals surface area contributed by atoms with Crippen LogP contribution >= 0.6 is 0 Å². The molecule has 3 aromatic rings. The molecule has 7 heteroatoms. The van der Waals surface area contributed by atoms with Gasteiger partial charge in [0.05, 0.1) is 11.6 Å². The zero-order valence-electron chi connectivity index (χ0n) is 21.3. The lowest BCUT2D eigenvalue weighted by molar-refractivity contribution is -0.139. The fourth-order valence-electron chi connectivity index (χ4n) is 4.49. The van der Waals surface area contributed by atoms with Crippen LogP contribution < -0.4 is 4.74 Å². The van der Waals surface area contributed by atoms with Crippen molar-refractivity contribution in [2.24, 2.45) is 0 Å². The molecule has 0 spiro atoms. The number of carbonyl (C=O) groups excluding carboxylic acids is 2. The van der Waals surface area contributed by atoms with Crippen LogP contribution in [0.3, 0.4) is 0 Å². The number of ether oxygens (including phenoxy) is 1. The van der Waals surface area contributed by atoms with Crippen molar-refractivity contribution in [3.63, 3.8) is 0 Å². The van der Waals surface area contributed by atoms with Gasteiger partial charge < -0.3 is 19.6 Å². The maximum Gasteiger partial charge on any atom is 0.295 e. The Labute approximate surface area is 216 Å². The molecule has 1 amide bonds. The summed E-state index contributed by atoms with van der Waals surface area (Å²) in [5, 5.41) is 11.2. The van der Waals surface area contributed by atoms with Crippen molar-refractivity contribution in [1.29, 1.82) is 0 Å². The predicted molar refractivity (Wildman–Crippen MR) is 141 cm³/mol. The number of nitrogens with zero attached hydrogens (tertiary/aromatic N) is 2. The number of rotatable bonds is 9. The lowest BCUT2D eigenvalue weighted by Gasteiger charge is -2.26. The second kappa shape index (κ2) is 11.4. The molecular weight excluding hydrogens is 471 g/mol. The van der Waals surface area contributed by atoms with Crippen LogP contribution in [0.1, 0.15) is 34.7 Å². The normalized spacial score (nSPS) is 17.0. The second-order valence-corrected chi connectivity index (χ2v) is 9.50. The minimum Gasteiger partial charge on any atom is -0.507 e. The van der Waals surface area contributed by atoms with Crippen LogP contribution in [0.15, 0.2) is 78.4 Å². The van der Waals surface area contributed by atoms with Crippen molar-refractivity contribution >= 4 is 17.4 Å². The first-order valence-electron chi connectivity index (χ1n) is 12.2. The Kier molecular flexibility index (Phi) is 8.04. The van der Waals surface area contributed by atoms with Gasteiger partial charge in [-0.2, -0.15) is 0 Å². The quantitative estimate of drug-likeness (QED) is 0.251. The second-order valence-electron chi connectivity index (χ2n) is 9.50. The highest BCUT2D eigenvalue weighted by Gasteiger charge is 2.45. The first-order valence-corrected chi connectivity index (χ1v) is 12.2. The molecule has 3 aromatic carbocycles. The van der Waals surface area contributed by atoms with E-state index in [0.717, 1.165) is 17.7 Å². The topological polar surface area (TPSA) is 70.1 Å². The van der Waals surface area contributed by atoms with Crippen LogP contribution in [0, 0.1) is 12.7 Å². The van der Waals surface area contributed by atoms with E-state index >= 15 is 0 Å². The summed E-state index contributed by atoms with van der Waals surface area (Å²) < 4.78 is 19.5. The van der Waals surface area contributed by atoms with Crippen LogP contribution in [0.2, 0.25) is 0 Å². The van der Waals surface area contributed by atoms with E-state index in [0.29, 0.717) is 36.4 Å². The molecule has 1 N–H and O–H groups in total. The molecular formula is C30H31FN2O4. The molecule has 1 aliphatic rings. The van der Waals surface area contributed by atoms with E-state index in [2.05, 4.69) is 0 Å². The molecule has 6 nitrogen and oxygen atoms in total. The largest absolute Gasteiger partial charge is 0.507 e. The third-order valence-electron chi connectivity index (χ3n) is 6.35. The monoisotopic (exact) mass is 502 g/mol. The fraction of sp³-hybridized carbons (Fsp3) is 0.267. The number of hydrogen-bond donors (Lipinski definition) is 1. The highest BCUT2D eigenvalue weighted by Crippen LogP contribution is 2.39. The smallest absolute Gasteiger partial charge is 0.295 e. The summed E-state index contributed by atoms with van der Waals surface area (Å²) in [6.45, 7) is 3.47. The van der Waals surface area contributed by atoms with Crippen LogP contribution in [0.25, 0.3) is 5.76 Å². The molecule has 0 saturated carbocycles. The first-order chi connectivity index (χ1) is 17.7. The van der Waals surface area contributed by atoms with E-state index in [9.17, 15) is 19.1 Å². The number of Topliss-reactive ketones (excluding diaryl/α,β-unsaturated/α-hetero) is 1. The Bertz CT molecular complexity index is 1300. The molecule has 1 unspecified atom stereocenters. The molecule has 1 fully saturated rings. The van der Waals surface area contributed by atoms with Crippen molar-refractivity contribution in [3.05, 3.63) is 106 Å². The molecule has 1 heterocycles. The van der Waals surface area contributed by atoms with Gasteiger partial charge in [0.1, 0.15) is 23.9 Å². The SMILES string of the molecule is Cc1cccc(COc2ccc(C(O)=C3C(=O)C(=O)N(CCCN(C)C)C3c3ccc(F)cc3)cc2)c1. The van der Waals surface area contributed by atoms with Gasteiger partial charge in [0.2, 0.25) is 0 Å². The summed E-state index contributed by atoms with van der Waals surface area (Å²) in [5.74, 6) is -1.51. The summed E-state index contributed by atoms with van der Waals surface area (Å²) in [5.41, 5.74) is 3.14. The molecule has 0 bridgehead atoms. The standard InChI is InChI=1S/C30H31FN2O4/c1-20-6-4-7-21(18-20)19-37-25-14-10-23(11-15-25)28(34)26-27(22-8-12-24(31)13-9-22)33(30(36)29(26)35)17-5-16-32(2)3/h4,6-15,18,27,34H,5,16-17,19H2,1-3H3. The molecule has 0 aromatic heterocycles. The summed E-state index contributed by atoms with van der Waals surface area (Å²) in [4.78, 5) is 29.6. The highest BCUT2D eigenvalue weighted by molar-refractivity contribution is 6.46. The molecule has 4 rings (SSSR count). The summed E-state index contributed by atoms with van der Waals surface area (Å²) in [6, 6.07) is 19.6. The maximum atomic E-state index is 13.6. The van der Waals surface area contributed by atoms with Gasteiger partial charge >= 0.3 is 0 Å². The molecule has 0 aliphatic carbocycles. The Hall–Kier alpha value is -3.97. The molecule has 1 atom stereocenters. The third-order valence-corrected chi connectivity index (χ3v) is 6.35. The predicted octanol–water partition coefficient (Wildman–Crippen LogP) is 5.09. The van der Waals surface area contributed by atoms with Crippen molar-refractivity contribution in [2.75, 3.05) is 27.2 Å². The van der Waals surface area contributed by atoms with Crippen LogP contribution in [0.4, 0.5) is 4.39 Å². The Morgan fingerprint density at radius 3 is 2.38 bits per heavy atom. The van der Waals surface area contributed by atoms with E-state index in [4.69, 9.17) is 4.74 Å². The number of carbonyl (C=O) groups is 2. The first kappa shape index (κ1) is 26.1. The zero-order chi connectivity index (χ0) is 26.5. The van der Waals surface area contributed by atoms with Gasteiger partial charge in [-0.1, -0.05) is 42.0 Å². The zero-order valence-corrected chi connectivity index (χ0v) is 21.3. The minimum atomic E-state index is -0.806. The van der Waals surface area contributed by atoms with Crippen molar-refractivity contribution in [1.82, 2.24) is 9.80 Å². The van der Waals surface area contributed by atoms with Crippen molar-refractivity contribution in [2.45, 2.75) is 26.0 Å². The van der Waals surface area contributed by atoms with Gasteiger partial charge in [-0.05, 0) is 81.5 Å². The Morgan fingerprint density at radius 2 is 1.73 bits per heavy atom. The van der Waals surface area contributed by atoms with Crippen molar-refractivity contribution < 1.29 is 23.8 Å². The molecule has 1 aliphatic heterocycles. The van der Waals surface area contributed by atoms with E-state index in [1.807, 2.05) is 50.2 Å². The number of benzene rings is 3. The minimum absolute atomic E-state index is 0.00473. The number of aryl methyl sites for hydroxylation is 1. The highest BCUT2D eigenvalue weighted by atomic mass is 19.1. The van der Waals surface area contributed by atoms with E-state index in [1.165, 1.54) is 17.0 Å². The number of hydrogen-bond acceptors (Lipinski definition) is 5. The van der Waals surface area contributed by atoms with Crippen LogP contribution in [0.5, 0.6) is 5.75 Å². The van der Waals surface area contributed by atoms with Gasteiger partial charge in [0.15, 0.2) is 0 Å². The Balaban J connectivity index is 1.62. The molecule has 0 radical (unpaired) electrons. The lowest BCUT2D eigenvalue weighted by Crippen LogP contribution is -2.32. The number of aliphatic hydroxyl groups excluding tert-OH is 1. The average molecular weight is 503 g/mol. The van der Waals surface area contributed by atoms with Gasteiger partial charge in [-0.15, -0.1) is 0 Å². The van der Waals surface area contributed by atoms with E-state index in [1.54, 1.807) is 36.4 Å². The average Bonchev–Trinajstić information content (AvgIpc) is 3.13. The van der Waals surface area contributed by atoms with Crippen LogP contribution in [-0.2, 0) is 16.2 Å². The number of amides is 1. The summed E-state index contributed by atoms with van der Waals surface area (Å²) >= 11 is 0. The van der Waals surface area contributed by atoms with Gasteiger partial charge in [-0.25, -0.2) is 4.39 Å². The summed E-state index contributed by atoms with van der Waals surface area (Å²) in [6.07, 6.45) is 0.644. The molecule has 192 valence electrons. The fourth-order valence-corrected chi connectivity index (χ4v) is 4.49. The Morgan fingerprint density at radius 1 is 1.03 bits per heavy atom. The number of halogens is 1. The third kappa shape index (κ3) is 6.06. The van der Waals surface area contributed by atoms with E-state index in [-0.39, 0.29) is 11.3 Å². The van der Waals surface area contributed by atoms with Crippen molar-refractivity contribution in [3.8, 4) is 5.75 Å². The lowest BCUT2D eigenvalue weighted by atomic mass is 9.95. The number of ketones is 1. The van der Waals surface area contributed by atoms with Crippen LogP contribution in [-0.4, -0.2) is 53.8 Å². The molecule has 37 heavy (non-hydrogen) atoms. The van der Waals surface area contributed by atoms with Gasteiger partial charge in [0, 0.05) is 12.1 Å². The number of likely N-dealkylation sites (tertiary alicyclic amines) is 1. The van der Waals surface area contributed by atoms with Gasteiger partial charge in [-0.3, -0.25) is 9.59 Å².